The minimum atomic E-state index is -0.482. The minimum Gasteiger partial charge on any atom is -0.494 e. The number of hydrogen-bond donors (Lipinski definition) is 2. The molecule has 2 aliphatic rings. The molecule has 3 aromatic rings. The van der Waals surface area contributed by atoms with E-state index < -0.39 is 5.60 Å². The Morgan fingerprint density at radius 2 is 1.87 bits per heavy atom. The second-order valence-electron chi connectivity index (χ2n) is 6.68. The fourth-order valence-electron chi connectivity index (χ4n) is 4.18. The fraction of sp³-hybridized carbons (Fsp3) is 0.263. The first-order valence-corrected chi connectivity index (χ1v) is 7.92. The van der Waals surface area contributed by atoms with Gasteiger partial charge in [0.2, 0.25) is 11.8 Å². The van der Waals surface area contributed by atoms with Crippen molar-refractivity contribution >= 4 is 10.8 Å². The summed E-state index contributed by atoms with van der Waals surface area (Å²) in [7, 11) is 0. The molecule has 0 amide bonds. The van der Waals surface area contributed by atoms with Crippen molar-refractivity contribution in [2.45, 2.75) is 31.5 Å². The van der Waals surface area contributed by atoms with Gasteiger partial charge in [-0.3, -0.25) is 4.57 Å². The second kappa shape index (κ2) is 4.09. The molecule has 1 saturated heterocycles. The van der Waals surface area contributed by atoms with Gasteiger partial charge in [0.05, 0.1) is 28.5 Å². The third-order valence-electron chi connectivity index (χ3n) is 5.29. The molecular weight excluding hydrogens is 290 g/mol. The van der Waals surface area contributed by atoms with Crippen molar-refractivity contribution in [3.63, 3.8) is 0 Å². The van der Waals surface area contributed by atoms with Gasteiger partial charge in [0.1, 0.15) is 0 Å². The Bertz CT molecular complexity index is 959. The summed E-state index contributed by atoms with van der Waals surface area (Å²) < 4.78 is 7.50. The molecule has 4 nitrogen and oxygen atoms in total. The van der Waals surface area contributed by atoms with Crippen molar-refractivity contribution < 1.29 is 14.9 Å². The van der Waals surface area contributed by atoms with Gasteiger partial charge in [-0.05, 0) is 42.7 Å². The molecule has 0 spiro atoms. The predicted molar refractivity (Wildman–Crippen MR) is 87.0 cm³/mol. The smallest absolute Gasteiger partial charge is 0.205 e. The molecule has 2 atom stereocenters. The highest BCUT2D eigenvalue weighted by Gasteiger charge is 2.53. The first-order chi connectivity index (χ1) is 11.1. The quantitative estimate of drug-likeness (QED) is 0.711. The van der Waals surface area contributed by atoms with Crippen LogP contribution in [0.3, 0.4) is 0 Å². The molecule has 2 N–H and O–H groups in total. The Balaban J connectivity index is 1.77. The molecule has 4 heteroatoms. The Morgan fingerprint density at radius 1 is 1.09 bits per heavy atom. The number of benzene rings is 2. The van der Waals surface area contributed by atoms with Crippen LogP contribution < -0.4 is 0 Å². The normalized spacial score (nSPS) is 25.2. The van der Waals surface area contributed by atoms with E-state index in [0.29, 0.717) is 0 Å². The molecule has 2 aliphatic heterocycles. The van der Waals surface area contributed by atoms with Gasteiger partial charge in [0.15, 0.2) is 0 Å². The SMILES string of the molecule is C[C@]12CC[C@H](O1)c1c2c(O)n(-c2ccc3ccccc3c2)c1O. The molecule has 2 aromatic carbocycles. The molecule has 3 heterocycles. The van der Waals surface area contributed by atoms with Crippen LogP contribution >= 0.6 is 0 Å². The van der Waals surface area contributed by atoms with E-state index in [2.05, 4.69) is 0 Å². The maximum absolute atomic E-state index is 10.8. The maximum atomic E-state index is 10.8. The fourth-order valence-corrected chi connectivity index (χ4v) is 4.18. The molecule has 23 heavy (non-hydrogen) atoms. The lowest BCUT2D eigenvalue weighted by Crippen LogP contribution is -2.16. The molecular formula is C19H17NO3. The number of aromatic nitrogens is 1. The Labute approximate surface area is 133 Å². The number of hydrogen-bond acceptors (Lipinski definition) is 3. The minimum absolute atomic E-state index is 0.0949. The average Bonchev–Trinajstić information content (AvgIpc) is 3.16. The topological polar surface area (TPSA) is 54.6 Å². The van der Waals surface area contributed by atoms with Gasteiger partial charge in [-0.25, -0.2) is 0 Å². The molecule has 0 unspecified atom stereocenters. The van der Waals surface area contributed by atoms with Gasteiger partial charge in [-0.15, -0.1) is 0 Å². The predicted octanol–water partition coefficient (Wildman–Crippen LogP) is 4.12. The van der Waals surface area contributed by atoms with Crippen LogP contribution in [0.1, 0.15) is 37.0 Å². The van der Waals surface area contributed by atoms with E-state index in [9.17, 15) is 10.2 Å². The first kappa shape index (κ1) is 13.0. The van der Waals surface area contributed by atoms with Crippen LogP contribution in [0.2, 0.25) is 0 Å². The molecule has 0 aliphatic carbocycles. The van der Waals surface area contributed by atoms with Gasteiger partial charge >= 0.3 is 0 Å². The molecule has 0 radical (unpaired) electrons. The highest BCUT2D eigenvalue weighted by molar-refractivity contribution is 5.84. The summed E-state index contributed by atoms with van der Waals surface area (Å²) in [5, 5.41) is 23.7. The van der Waals surface area contributed by atoms with Crippen molar-refractivity contribution in [2.75, 3.05) is 0 Å². The number of nitrogens with zero attached hydrogens (tertiary/aromatic N) is 1. The lowest BCUT2D eigenvalue weighted by Gasteiger charge is -2.19. The number of ether oxygens (including phenoxy) is 1. The highest BCUT2D eigenvalue weighted by atomic mass is 16.5. The summed E-state index contributed by atoms with van der Waals surface area (Å²) in [6, 6.07) is 14.0. The number of aromatic hydroxyl groups is 2. The van der Waals surface area contributed by atoms with E-state index in [1.807, 2.05) is 49.4 Å². The Hall–Kier alpha value is -2.46. The molecule has 116 valence electrons. The lowest BCUT2D eigenvalue weighted by molar-refractivity contribution is -0.00959. The van der Waals surface area contributed by atoms with Crippen molar-refractivity contribution in [1.82, 2.24) is 4.57 Å². The van der Waals surface area contributed by atoms with Crippen molar-refractivity contribution in [1.29, 1.82) is 0 Å². The van der Waals surface area contributed by atoms with E-state index in [4.69, 9.17) is 4.74 Å². The molecule has 5 rings (SSSR count). The third kappa shape index (κ3) is 1.54. The van der Waals surface area contributed by atoms with Crippen LogP contribution in [0.4, 0.5) is 0 Å². The zero-order chi connectivity index (χ0) is 15.8. The summed E-state index contributed by atoms with van der Waals surface area (Å²) in [6.45, 7) is 1.99. The van der Waals surface area contributed by atoms with E-state index in [-0.39, 0.29) is 17.9 Å². The zero-order valence-corrected chi connectivity index (χ0v) is 12.8. The molecule has 1 aromatic heterocycles. The summed E-state index contributed by atoms with van der Waals surface area (Å²) in [5.41, 5.74) is 1.78. The molecule has 0 saturated carbocycles. The van der Waals surface area contributed by atoms with Gasteiger partial charge in [0.25, 0.3) is 0 Å². The second-order valence-corrected chi connectivity index (χ2v) is 6.68. The summed E-state index contributed by atoms with van der Waals surface area (Å²) in [5.74, 6) is 0.193. The van der Waals surface area contributed by atoms with Crippen LogP contribution in [0, 0.1) is 0 Å². The zero-order valence-electron chi connectivity index (χ0n) is 12.8. The Morgan fingerprint density at radius 3 is 2.65 bits per heavy atom. The molecule has 1 fully saturated rings. The summed E-state index contributed by atoms with van der Waals surface area (Å²) in [4.78, 5) is 0. The van der Waals surface area contributed by atoms with E-state index in [0.717, 1.165) is 40.4 Å². The van der Waals surface area contributed by atoms with Gasteiger partial charge in [0, 0.05) is 0 Å². The van der Waals surface area contributed by atoms with Gasteiger partial charge in [-0.2, -0.15) is 0 Å². The van der Waals surface area contributed by atoms with Crippen molar-refractivity contribution in [3.05, 3.63) is 53.6 Å². The summed E-state index contributed by atoms with van der Waals surface area (Å²) in [6.07, 6.45) is 1.65. The first-order valence-electron chi connectivity index (χ1n) is 7.92. The lowest BCUT2D eigenvalue weighted by atomic mass is 9.86. The Kier molecular flexibility index (Phi) is 2.31. The highest BCUT2D eigenvalue weighted by Crippen LogP contribution is 2.61. The van der Waals surface area contributed by atoms with E-state index in [1.54, 1.807) is 0 Å². The van der Waals surface area contributed by atoms with Crippen LogP contribution in [-0.2, 0) is 10.3 Å². The van der Waals surface area contributed by atoms with Gasteiger partial charge in [-0.1, -0.05) is 30.3 Å². The maximum Gasteiger partial charge on any atom is 0.205 e. The van der Waals surface area contributed by atoms with Crippen LogP contribution in [0.15, 0.2) is 42.5 Å². The van der Waals surface area contributed by atoms with Crippen LogP contribution in [0.25, 0.3) is 16.5 Å². The summed E-state index contributed by atoms with van der Waals surface area (Å²) >= 11 is 0. The van der Waals surface area contributed by atoms with Gasteiger partial charge < -0.3 is 14.9 Å². The standard InChI is InChI=1S/C19H17NO3/c1-19-9-8-14(23-19)15-16(19)18(22)20(17(15)21)13-7-6-11-4-2-3-5-12(11)10-13/h2-7,10,14,21-22H,8-9H2,1H3/t14-,19+/m0/s1. The van der Waals surface area contributed by atoms with E-state index >= 15 is 0 Å². The van der Waals surface area contributed by atoms with Crippen molar-refractivity contribution in [2.24, 2.45) is 0 Å². The number of rotatable bonds is 1. The largest absolute Gasteiger partial charge is 0.494 e. The number of fused-ring (bicyclic) bond motifs is 6. The average molecular weight is 307 g/mol. The van der Waals surface area contributed by atoms with Crippen molar-refractivity contribution in [3.8, 4) is 17.4 Å². The van der Waals surface area contributed by atoms with Crippen LogP contribution in [0.5, 0.6) is 11.8 Å². The third-order valence-corrected chi connectivity index (χ3v) is 5.29. The monoisotopic (exact) mass is 307 g/mol. The van der Waals surface area contributed by atoms with E-state index in [1.165, 1.54) is 4.57 Å². The van der Waals surface area contributed by atoms with Crippen LogP contribution in [-0.4, -0.2) is 14.8 Å². The molecule has 2 bridgehead atoms.